The van der Waals surface area contributed by atoms with E-state index in [4.69, 9.17) is 4.74 Å². The molecular formula is C105H64OS6. The van der Waals surface area contributed by atoms with Gasteiger partial charge < -0.3 is 4.74 Å². The molecule has 112 heavy (non-hydrogen) atoms. The van der Waals surface area contributed by atoms with Crippen molar-refractivity contribution in [3.05, 3.63) is 368 Å². The summed E-state index contributed by atoms with van der Waals surface area (Å²) >= 11 is 11.2. The summed E-state index contributed by atoms with van der Waals surface area (Å²) < 4.78 is 17.7. The third kappa shape index (κ3) is 11.1. The molecule has 0 aliphatic carbocycles. The number of rotatable bonds is 5. The monoisotopic (exact) mass is 1530 g/mol. The third-order valence-electron chi connectivity index (χ3n) is 22.6. The van der Waals surface area contributed by atoms with E-state index in [1.165, 1.54) is 221 Å². The molecule has 1 nitrogen and oxygen atoms in total. The first-order chi connectivity index (χ1) is 55.5. The van der Waals surface area contributed by atoms with Crippen LogP contribution in [0.3, 0.4) is 0 Å². The van der Waals surface area contributed by atoms with Crippen LogP contribution < -0.4 is 4.74 Å². The predicted molar refractivity (Wildman–Crippen MR) is 499 cm³/mol. The average molecular weight is 1530 g/mol. The van der Waals surface area contributed by atoms with E-state index < -0.39 is 0 Å². The SMILES string of the molecule is COc1ccc(-c2cc3ccccc3c3c2ccc2c4ccccc4sc23)cc1.c1ccc(-c2cc3ccccc3c3c2ccc2c4ccccc4sc23)cc1.c1ccc2c(c1)cc(-c1ccsc1)c1ccc3c4ccccc4sc3c12.c1ccc2c(c1)cc(-c1csc3ccccc13)c1ccc3c4ccccc4sc3c12. The van der Waals surface area contributed by atoms with Gasteiger partial charge in [0.15, 0.2) is 0 Å². The fourth-order valence-corrected chi connectivity index (χ4v) is 24.1. The summed E-state index contributed by atoms with van der Waals surface area (Å²) in [5.41, 5.74) is 10.4. The van der Waals surface area contributed by atoms with Crippen molar-refractivity contribution in [3.63, 3.8) is 0 Å². The molecule has 0 bridgehead atoms. The fraction of sp³-hybridized carbons (Fsp3) is 0.00952. The Morgan fingerprint density at radius 3 is 0.884 bits per heavy atom. The highest BCUT2D eigenvalue weighted by Crippen LogP contribution is 2.51. The molecule has 0 amide bonds. The molecular weight excluding hydrogens is 1470 g/mol. The Labute approximate surface area is 669 Å². The van der Waals surface area contributed by atoms with Crippen LogP contribution in [0.2, 0.25) is 0 Å². The first-order valence-corrected chi connectivity index (χ1v) is 42.8. The number of benzene rings is 19. The minimum atomic E-state index is 0.880. The lowest BCUT2D eigenvalue weighted by atomic mass is 9.92. The summed E-state index contributed by atoms with van der Waals surface area (Å²) in [6.45, 7) is 0. The molecule has 6 heterocycles. The zero-order chi connectivity index (χ0) is 73.9. The average Bonchev–Trinajstić information content (AvgIpc) is 1.50. The first kappa shape index (κ1) is 66.6. The van der Waals surface area contributed by atoms with E-state index in [0.29, 0.717) is 0 Å². The molecule has 0 saturated carbocycles. The van der Waals surface area contributed by atoms with Gasteiger partial charge >= 0.3 is 0 Å². The Morgan fingerprint density at radius 2 is 0.509 bits per heavy atom. The van der Waals surface area contributed by atoms with E-state index in [0.717, 1.165) is 5.75 Å². The highest BCUT2D eigenvalue weighted by atomic mass is 32.1. The zero-order valence-electron chi connectivity index (χ0n) is 60.6. The molecule has 25 aromatic rings. The van der Waals surface area contributed by atoms with Gasteiger partial charge in [-0.15, -0.1) is 56.7 Å². The maximum Gasteiger partial charge on any atom is 0.118 e. The van der Waals surface area contributed by atoms with Gasteiger partial charge in [0.2, 0.25) is 0 Å². The molecule has 25 rings (SSSR count). The molecule has 0 aliphatic rings. The van der Waals surface area contributed by atoms with Crippen LogP contribution in [-0.2, 0) is 0 Å². The second kappa shape index (κ2) is 27.6. The number of hydrogen-bond donors (Lipinski definition) is 0. The van der Waals surface area contributed by atoms with Crippen molar-refractivity contribution in [2.24, 2.45) is 0 Å². The van der Waals surface area contributed by atoms with Crippen LogP contribution in [0.1, 0.15) is 0 Å². The molecule has 7 heteroatoms. The summed E-state index contributed by atoms with van der Waals surface area (Å²) in [7, 11) is 1.71. The minimum absolute atomic E-state index is 0.880. The number of hydrogen-bond acceptors (Lipinski definition) is 7. The molecule has 6 aromatic heterocycles. The third-order valence-corrected chi connectivity index (χ3v) is 29.0. The van der Waals surface area contributed by atoms with Crippen molar-refractivity contribution in [3.8, 4) is 50.3 Å². The normalized spacial score (nSPS) is 11.8. The molecule has 0 unspecified atom stereocenters. The van der Waals surface area contributed by atoms with Gasteiger partial charge in [0.25, 0.3) is 0 Å². The molecule has 526 valence electrons. The number of ether oxygens (including phenoxy) is 1. The van der Waals surface area contributed by atoms with Gasteiger partial charge in [-0.25, -0.2) is 0 Å². The molecule has 0 N–H and O–H groups in total. The van der Waals surface area contributed by atoms with Gasteiger partial charge in [-0.2, -0.15) is 11.3 Å². The summed E-state index contributed by atoms with van der Waals surface area (Å²) in [5, 5.41) is 40.3. The van der Waals surface area contributed by atoms with Crippen molar-refractivity contribution in [2.75, 3.05) is 7.11 Å². The van der Waals surface area contributed by atoms with Gasteiger partial charge in [-0.05, 0) is 193 Å². The quantitative estimate of drug-likeness (QED) is 0.156. The first-order valence-electron chi connectivity index (χ1n) is 37.7. The zero-order valence-corrected chi connectivity index (χ0v) is 65.5. The molecule has 0 fully saturated rings. The molecule has 19 aromatic carbocycles. The highest BCUT2D eigenvalue weighted by Gasteiger charge is 2.21. The van der Waals surface area contributed by atoms with Crippen molar-refractivity contribution in [1.82, 2.24) is 0 Å². The Hall–Kier alpha value is -12.4. The van der Waals surface area contributed by atoms with Crippen molar-refractivity contribution in [2.45, 2.75) is 0 Å². The lowest BCUT2D eigenvalue weighted by Crippen LogP contribution is -1.86. The number of fused-ring (bicyclic) bond motifs is 29. The largest absolute Gasteiger partial charge is 0.497 e. The maximum atomic E-state index is 5.36. The van der Waals surface area contributed by atoms with Crippen molar-refractivity contribution >= 4 is 245 Å². The number of thiophene rings is 6. The van der Waals surface area contributed by atoms with Crippen LogP contribution in [0.5, 0.6) is 5.75 Å². The summed E-state index contributed by atoms with van der Waals surface area (Å²) in [6.07, 6.45) is 0. The van der Waals surface area contributed by atoms with Gasteiger partial charge in [0.05, 0.1) is 7.11 Å². The van der Waals surface area contributed by atoms with E-state index in [1.54, 1.807) is 18.4 Å². The molecule has 0 spiro atoms. The van der Waals surface area contributed by atoms with Crippen molar-refractivity contribution < 1.29 is 4.74 Å². The lowest BCUT2D eigenvalue weighted by Gasteiger charge is -2.12. The van der Waals surface area contributed by atoms with E-state index in [-0.39, 0.29) is 0 Å². The van der Waals surface area contributed by atoms with Gasteiger partial charge in [0, 0.05) is 118 Å². The topological polar surface area (TPSA) is 9.23 Å². The minimum Gasteiger partial charge on any atom is -0.497 e. The van der Waals surface area contributed by atoms with E-state index in [2.05, 4.69) is 356 Å². The Morgan fingerprint density at radius 1 is 0.205 bits per heavy atom. The van der Waals surface area contributed by atoms with Gasteiger partial charge in [-0.1, -0.05) is 279 Å². The van der Waals surface area contributed by atoms with Gasteiger partial charge in [-0.3, -0.25) is 0 Å². The molecule has 0 aliphatic heterocycles. The van der Waals surface area contributed by atoms with Crippen LogP contribution in [0, 0.1) is 0 Å². The van der Waals surface area contributed by atoms with Crippen LogP contribution in [-0.4, -0.2) is 7.11 Å². The Kier molecular flexibility index (Phi) is 16.4. The predicted octanol–water partition coefficient (Wildman–Crippen LogP) is 33.4. The number of methoxy groups -OCH3 is 1. The van der Waals surface area contributed by atoms with E-state index >= 15 is 0 Å². The Bertz CT molecular complexity index is 8050. The summed E-state index contributed by atoms with van der Waals surface area (Å²) in [5.74, 6) is 0.880. The summed E-state index contributed by atoms with van der Waals surface area (Å²) in [4.78, 5) is 0. The smallest absolute Gasteiger partial charge is 0.118 e. The maximum absolute atomic E-state index is 5.36. The second-order valence-corrected chi connectivity index (χ2v) is 34.6. The second-order valence-electron chi connectivity index (χ2n) is 28.7. The lowest BCUT2D eigenvalue weighted by molar-refractivity contribution is 0.415. The van der Waals surface area contributed by atoms with Crippen molar-refractivity contribution in [1.29, 1.82) is 0 Å². The fourth-order valence-electron chi connectivity index (χ4n) is 17.4. The molecule has 0 saturated heterocycles. The molecule has 0 atom stereocenters. The van der Waals surface area contributed by atoms with Crippen LogP contribution in [0.15, 0.2) is 368 Å². The highest BCUT2D eigenvalue weighted by molar-refractivity contribution is 7.28. The standard InChI is InChI=1S/C28H16S2.C27H18OS.C26H16S.C24H14S2/c1-2-8-18-17(7-1)15-23(24-16-29-25-11-5-3-10-20(24)25)21-13-14-22-19-9-4-6-12-26(19)30-28(22)27(18)21;1-28-19-12-10-17(11-13-19)24-16-18-6-2-3-7-20(18)26-22(24)14-15-23-21-8-4-5-9-25(21)29-27(23)26;1-2-8-17(9-3-1)23-16-18-10-4-5-11-19(18)25-21(23)14-15-22-20-12-6-7-13-24(20)27-26(22)25;1-2-6-17-15(5-1)13-21(16-11-12-25-14-16)19-9-10-20-18-7-3-4-8-22(18)26-24(20)23(17)19/h1-16H;2-16H,1H3;1-16H;1-14H. The van der Waals surface area contributed by atoms with Crippen LogP contribution in [0.25, 0.3) is 221 Å². The Balaban J connectivity index is 0.0000000917. The van der Waals surface area contributed by atoms with Crippen LogP contribution in [0.4, 0.5) is 0 Å². The van der Waals surface area contributed by atoms with E-state index in [1.807, 2.05) is 68.8 Å². The summed E-state index contributed by atoms with van der Waals surface area (Å²) in [6, 6.07) is 128. The van der Waals surface area contributed by atoms with E-state index in [9.17, 15) is 0 Å². The van der Waals surface area contributed by atoms with Crippen LogP contribution >= 0.6 is 68.0 Å². The van der Waals surface area contributed by atoms with Gasteiger partial charge in [0.1, 0.15) is 5.75 Å². The molecule has 0 radical (unpaired) electrons.